The molecule has 0 N–H and O–H groups in total. The summed E-state index contributed by atoms with van der Waals surface area (Å²) in [5.74, 6) is 2.82. The van der Waals surface area contributed by atoms with Crippen LogP contribution in [0.2, 0.25) is 0 Å². The van der Waals surface area contributed by atoms with Gasteiger partial charge in [0, 0.05) is 44.4 Å². The first-order valence-corrected chi connectivity index (χ1v) is 11.6. The van der Waals surface area contributed by atoms with Crippen molar-refractivity contribution in [2.45, 2.75) is 51.4 Å². The molecule has 3 saturated heterocycles. The number of aryl methyl sites for hydroxylation is 1. The van der Waals surface area contributed by atoms with E-state index in [0.29, 0.717) is 11.8 Å². The number of hydrogen-bond acceptors (Lipinski definition) is 7. The third-order valence-corrected chi connectivity index (χ3v) is 6.85. The van der Waals surface area contributed by atoms with Crippen molar-refractivity contribution in [2.24, 2.45) is 5.92 Å². The highest BCUT2D eigenvalue weighted by Crippen LogP contribution is 2.35. The molecule has 0 amide bonds. The van der Waals surface area contributed by atoms with Gasteiger partial charge in [-0.2, -0.15) is 0 Å². The second kappa shape index (κ2) is 9.02. The van der Waals surface area contributed by atoms with Crippen LogP contribution in [-0.2, 0) is 4.74 Å². The van der Waals surface area contributed by atoms with Crippen molar-refractivity contribution in [1.82, 2.24) is 20.0 Å². The van der Waals surface area contributed by atoms with Crippen LogP contribution in [0, 0.1) is 12.8 Å². The Morgan fingerprint density at radius 2 is 1.90 bits per heavy atom. The molecule has 5 rings (SSSR count). The molecule has 3 fully saturated rings. The predicted molar refractivity (Wildman–Crippen MR) is 116 cm³/mol. The van der Waals surface area contributed by atoms with Crippen LogP contribution < -0.4 is 4.90 Å². The van der Waals surface area contributed by atoms with E-state index in [1.165, 1.54) is 32.2 Å². The van der Waals surface area contributed by atoms with Gasteiger partial charge in [-0.1, -0.05) is 5.16 Å². The van der Waals surface area contributed by atoms with E-state index in [4.69, 9.17) is 19.2 Å². The van der Waals surface area contributed by atoms with Gasteiger partial charge in [0.25, 0.3) is 0 Å². The van der Waals surface area contributed by atoms with Crippen LogP contribution >= 0.6 is 0 Å². The summed E-state index contributed by atoms with van der Waals surface area (Å²) in [5.41, 5.74) is 3.05. The molecule has 7 heteroatoms. The van der Waals surface area contributed by atoms with Crippen molar-refractivity contribution in [2.75, 3.05) is 50.8 Å². The third-order valence-electron chi connectivity index (χ3n) is 6.85. The summed E-state index contributed by atoms with van der Waals surface area (Å²) in [4.78, 5) is 14.8. The van der Waals surface area contributed by atoms with Gasteiger partial charge in [-0.3, -0.25) is 0 Å². The molecule has 1 atom stereocenters. The Balaban J connectivity index is 1.36. The zero-order valence-corrected chi connectivity index (χ0v) is 18.1. The van der Waals surface area contributed by atoms with E-state index >= 15 is 0 Å². The van der Waals surface area contributed by atoms with Crippen molar-refractivity contribution in [3.63, 3.8) is 0 Å². The molecule has 0 bridgehead atoms. The smallest absolute Gasteiger partial charge is 0.225 e. The zero-order chi connectivity index (χ0) is 20.3. The highest BCUT2D eigenvalue weighted by molar-refractivity contribution is 5.61. The van der Waals surface area contributed by atoms with Gasteiger partial charge < -0.3 is 19.1 Å². The van der Waals surface area contributed by atoms with Gasteiger partial charge in [-0.05, 0) is 64.5 Å². The highest BCUT2D eigenvalue weighted by atomic mass is 16.5. The third kappa shape index (κ3) is 4.37. The van der Waals surface area contributed by atoms with Crippen LogP contribution in [0.4, 0.5) is 5.95 Å². The molecule has 2 aromatic rings. The average molecular weight is 412 g/mol. The fourth-order valence-electron chi connectivity index (χ4n) is 5.10. The molecule has 3 aliphatic rings. The molecule has 30 heavy (non-hydrogen) atoms. The number of piperidine rings is 2. The molecular formula is C23H33N5O2. The molecule has 0 radical (unpaired) electrons. The molecule has 3 aliphatic heterocycles. The van der Waals surface area contributed by atoms with Crippen LogP contribution in [0.3, 0.4) is 0 Å². The highest BCUT2D eigenvalue weighted by Gasteiger charge is 2.29. The van der Waals surface area contributed by atoms with E-state index in [0.717, 1.165) is 80.9 Å². The maximum absolute atomic E-state index is 5.61. The summed E-state index contributed by atoms with van der Waals surface area (Å²) >= 11 is 0. The number of nitrogens with zero attached hydrogens (tertiary/aromatic N) is 5. The SMILES string of the molecule is Cc1cc(-c2cnc(N3CCCCC3)nc2C2CCN(CC3CCOC3)CC2)on1. The van der Waals surface area contributed by atoms with Crippen LogP contribution in [0.15, 0.2) is 16.8 Å². The summed E-state index contributed by atoms with van der Waals surface area (Å²) in [6.45, 7) is 9.36. The molecule has 7 nitrogen and oxygen atoms in total. The average Bonchev–Trinajstić information content (AvgIpc) is 3.46. The summed E-state index contributed by atoms with van der Waals surface area (Å²) in [6, 6.07) is 2.00. The first kappa shape index (κ1) is 19.9. The zero-order valence-electron chi connectivity index (χ0n) is 18.1. The summed E-state index contributed by atoms with van der Waals surface area (Å²) < 4.78 is 11.2. The Bertz CT molecular complexity index is 834. The largest absolute Gasteiger partial charge is 0.381 e. The molecule has 162 valence electrons. The fraction of sp³-hybridized carbons (Fsp3) is 0.696. The minimum absolute atomic E-state index is 0.438. The van der Waals surface area contributed by atoms with Gasteiger partial charge in [-0.15, -0.1) is 0 Å². The van der Waals surface area contributed by atoms with Crippen molar-refractivity contribution < 1.29 is 9.26 Å². The first-order valence-electron chi connectivity index (χ1n) is 11.6. The normalized spacial score (nSPS) is 23.9. The lowest BCUT2D eigenvalue weighted by Gasteiger charge is -2.34. The van der Waals surface area contributed by atoms with E-state index in [1.54, 1.807) is 0 Å². The van der Waals surface area contributed by atoms with E-state index < -0.39 is 0 Å². The molecule has 2 aromatic heterocycles. The number of hydrogen-bond donors (Lipinski definition) is 0. The van der Waals surface area contributed by atoms with Crippen molar-refractivity contribution >= 4 is 5.95 Å². The van der Waals surface area contributed by atoms with Gasteiger partial charge in [0.05, 0.1) is 23.6 Å². The van der Waals surface area contributed by atoms with E-state index in [-0.39, 0.29) is 0 Å². The standard InChI is InChI=1S/C23H33N5O2/c1-17-13-21(30-26-17)20-14-24-23(28-8-3-2-4-9-28)25-22(20)19-5-10-27(11-6-19)15-18-7-12-29-16-18/h13-14,18-19H,2-12,15-16H2,1H3. The molecule has 5 heterocycles. The lowest BCUT2D eigenvalue weighted by atomic mass is 9.89. The van der Waals surface area contributed by atoms with Crippen LogP contribution in [0.1, 0.15) is 55.8 Å². The fourth-order valence-corrected chi connectivity index (χ4v) is 5.10. The monoisotopic (exact) mass is 411 g/mol. The quantitative estimate of drug-likeness (QED) is 0.744. The first-order chi connectivity index (χ1) is 14.8. The number of ether oxygens (including phenoxy) is 1. The number of rotatable bonds is 5. The maximum Gasteiger partial charge on any atom is 0.225 e. The maximum atomic E-state index is 5.61. The number of aromatic nitrogens is 3. The number of anilines is 1. The van der Waals surface area contributed by atoms with E-state index in [1.807, 2.05) is 19.2 Å². The van der Waals surface area contributed by atoms with E-state index in [9.17, 15) is 0 Å². The second-order valence-corrected chi connectivity index (χ2v) is 9.15. The van der Waals surface area contributed by atoms with Gasteiger partial charge in [-0.25, -0.2) is 9.97 Å². The van der Waals surface area contributed by atoms with Crippen molar-refractivity contribution in [1.29, 1.82) is 0 Å². The summed E-state index contributed by atoms with van der Waals surface area (Å²) in [5, 5.41) is 4.10. The summed E-state index contributed by atoms with van der Waals surface area (Å²) in [6.07, 6.45) is 9.20. The van der Waals surface area contributed by atoms with Gasteiger partial charge >= 0.3 is 0 Å². The van der Waals surface area contributed by atoms with Crippen LogP contribution in [-0.4, -0.2) is 66.0 Å². The molecule has 0 aliphatic carbocycles. The Morgan fingerprint density at radius 3 is 2.60 bits per heavy atom. The lowest BCUT2D eigenvalue weighted by Crippen LogP contribution is -2.37. The number of likely N-dealkylation sites (tertiary alicyclic amines) is 1. The molecular weight excluding hydrogens is 378 g/mol. The van der Waals surface area contributed by atoms with Gasteiger partial charge in [0.15, 0.2) is 5.76 Å². The Morgan fingerprint density at radius 1 is 1.07 bits per heavy atom. The summed E-state index contributed by atoms with van der Waals surface area (Å²) in [7, 11) is 0. The Kier molecular flexibility index (Phi) is 6.00. The second-order valence-electron chi connectivity index (χ2n) is 9.15. The molecule has 0 spiro atoms. The molecule has 0 aromatic carbocycles. The minimum atomic E-state index is 0.438. The predicted octanol–water partition coefficient (Wildman–Crippen LogP) is 3.65. The van der Waals surface area contributed by atoms with E-state index in [2.05, 4.69) is 15.0 Å². The molecule has 1 unspecified atom stereocenters. The molecule has 0 saturated carbocycles. The Hall–Kier alpha value is -1.99. The van der Waals surface area contributed by atoms with Crippen LogP contribution in [0.25, 0.3) is 11.3 Å². The van der Waals surface area contributed by atoms with Gasteiger partial charge in [0.2, 0.25) is 5.95 Å². The topological polar surface area (TPSA) is 67.5 Å². The van der Waals surface area contributed by atoms with Crippen molar-refractivity contribution in [3.05, 3.63) is 23.7 Å². The van der Waals surface area contributed by atoms with Crippen molar-refractivity contribution in [3.8, 4) is 11.3 Å². The Labute approximate surface area is 178 Å². The van der Waals surface area contributed by atoms with Crippen LogP contribution in [0.5, 0.6) is 0 Å². The van der Waals surface area contributed by atoms with Gasteiger partial charge in [0.1, 0.15) is 0 Å². The lowest BCUT2D eigenvalue weighted by molar-refractivity contribution is 0.151. The minimum Gasteiger partial charge on any atom is -0.381 e.